The maximum Gasteiger partial charge on any atom is 0.176 e. The van der Waals surface area contributed by atoms with Crippen molar-refractivity contribution >= 4 is 17.7 Å². The van der Waals surface area contributed by atoms with E-state index in [1.165, 1.54) is 6.21 Å². The van der Waals surface area contributed by atoms with Crippen molar-refractivity contribution in [2.24, 2.45) is 10.9 Å². The Hall–Kier alpha value is -1.58. The topological polar surface area (TPSA) is 29.4 Å². The Kier molecular flexibility index (Phi) is 2.14. The summed E-state index contributed by atoms with van der Waals surface area (Å²) >= 11 is 0. The lowest BCUT2D eigenvalue weighted by molar-refractivity contribution is 0.0957. The average molecular weight is 209 g/mol. The summed E-state index contributed by atoms with van der Waals surface area (Å²) in [6.45, 7) is 3.20. The van der Waals surface area contributed by atoms with E-state index in [9.17, 15) is 13.6 Å². The predicted molar refractivity (Wildman–Crippen MR) is 52.7 cm³/mol. The van der Waals surface area contributed by atoms with Gasteiger partial charge in [-0.05, 0) is 18.6 Å². The van der Waals surface area contributed by atoms with Gasteiger partial charge in [-0.15, -0.1) is 0 Å². The maximum atomic E-state index is 13.4. The number of ketones is 1. The summed E-state index contributed by atoms with van der Waals surface area (Å²) in [6.07, 6.45) is 1.45. The monoisotopic (exact) mass is 209 g/mol. The van der Waals surface area contributed by atoms with Crippen LogP contribution in [0.4, 0.5) is 14.5 Å². The van der Waals surface area contributed by atoms with Gasteiger partial charge in [0.25, 0.3) is 0 Å². The number of aryl methyl sites for hydroxylation is 1. The van der Waals surface area contributed by atoms with E-state index >= 15 is 0 Å². The van der Waals surface area contributed by atoms with Crippen molar-refractivity contribution < 1.29 is 13.6 Å². The Morgan fingerprint density at radius 3 is 2.73 bits per heavy atom. The maximum absolute atomic E-state index is 13.4. The summed E-state index contributed by atoms with van der Waals surface area (Å²) in [6, 6.07) is 1.05. The van der Waals surface area contributed by atoms with Crippen LogP contribution in [0.2, 0.25) is 0 Å². The molecule has 0 fully saturated rings. The second-order valence-electron chi connectivity index (χ2n) is 3.64. The molecule has 1 atom stereocenters. The molecule has 78 valence electrons. The summed E-state index contributed by atoms with van der Waals surface area (Å²) in [5.41, 5.74) is 0.500. The molecule has 0 saturated heterocycles. The molecule has 0 radical (unpaired) electrons. The largest absolute Gasteiger partial charge is 0.293 e. The lowest BCUT2D eigenvalue weighted by Gasteiger charge is -2.16. The third-order valence-electron chi connectivity index (χ3n) is 2.47. The third kappa shape index (κ3) is 1.37. The van der Waals surface area contributed by atoms with Crippen molar-refractivity contribution in [3.8, 4) is 0 Å². The van der Waals surface area contributed by atoms with Crippen molar-refractivity contribution in [3.63, 3.8) is 0 Å². The molecule has 15 heavy (non-hydrogen) atoms. The first-order valence-corrected chi connectivity index (χ1v) is 4.59. The summed E-state index contributed by atoms with van der Waals surface area (Å²) in [7, 11) is 0. The highest BCUT2D eigenvalue weighted by molar-refractivity contribution is 6.12. The van der Waals surface area contributed by atoms with Crippen molar-refractivity contribution in [2.45, 2.75) is 13.8 Å². The molecular weight excluding hydrogens is 200 g/mol. The molecular formula is C11H9F2NO. The van der Waals surface area contributed by atoms with Crippen LogP contribution in [0.3, 0.4) is 0 Å². The quantitative estimate of drug-likeness (QED) is 0.646. The fourth-order valence-corrected chi connectivity index (χ4v) is 1.62. The number of carbonyl (C=O) groups is 1. The second kappa shape index (κ2) is 3.22. The van der Waals surface area contributed by atoms with Gasteiger partial charge in [0.15, 0.2) is 17.4 Å². The van der Waals surface area contributed by atoms with Crippen molar-refractivity contribution in [1.82, 2.24) is 0 Å². The molecule has 1 aromatic carbocycles. The number of Topliss-reactive ketones (excluding diaryl/α,β-unsaturated/α-hetero) is 1. The average Bonchev–Trinajstić information content (AvgIpc) is 2.19. The number of aliphatic imine (C=N–C) groups is 1. The minimum absolute atomic E-state index is 0.220. The summed E-state index contributed by atoms with van der Waals surface area (Å²) in [5.74, 6) is -3.00. The lowest BCUT2D eigenvalue weighted by atomic mass is 9.93. The molecule has 1 heterocycles. The van der Waals surface area contributed by atoms with Gasteiger partial charge in [-0.2, -0.15) is 0 Å². The Labute approximate surface area is 85.6 Å². The third-order valence-corrected chi connectivity index (χ3v) is 2.47. The molecule has 0 aliphatic carbocycles. The Morgan fingerprint density at radius 2 is 2.07 bits per heavy atom. The zero-order valence-electron chi connectivity index (χ0n) is 8.34. The van der Waals surface area contributed by atoms with E-state index in [1.807, 2.05) is 0 Å². The van der Waals surface area contributed by atoms with Crippen LogP contribution >= 0.6 is 0 Å². The molecule has 0 amide bonds. The highest BCUT2D eigenvalue weighted by Crippen LogP contribution is 2.33. The number of rotatable bonds is 0. The smallest absolute Gasteiger partial charge is 0.176 e. The van der Waals surface area contributed by atoms with Gasteiger partial charge in [-0.1, -0.05) is 6.92 Å². The van der Waals surface area contributed by atoms with E-state index in [0.29, 0.717) is 5.56 Å². The molecule has 0 saturated carbocycles. The predicted octanol–water partition coefficient (Wildman–Crippen LogP) is 2.81. The van der Waals surface area contributed by atoms with Crippen LogP contribution in [-0.4, -0.2) is 12.0 Å². The van der Waals surface area contributed by atoms with Crippen molar-refractivity contribution in [3.05, 3.63) is 28.8 Å². The fourth-order valence-electron chi connectivity index (χ4n) is 1.62. The molecule has 0 spiro atoms. The molecule has 2 nitrogen and oxygen atoms in total. The summed E-state index contributed by atoms with van der Waals surface area (Å²) in [5, 5.41) is 0. The van der Waals surface area contributed by atoms with E-state index in [1.54, 1.807) is 13.8 Å². The molecule has 1 aliphatic rings. The zero-order valence-corrected chi connectivity index (χ0v) is 8.34. The zero-order chi connectivity index (χ0) is 11.2. The number of carbonyl (C=O) groups excluding carboxylic acids is 1. The highest BCUT2D eigenvalue weighted by atomic mass is 19.2. The molecule has 1 aromatic rings. The number of hydrogen-bond donors (Lipinski definition) is 0. The SMILES string of the molecule is Cc1cc(F)c(F)c2c1N=CC(C)C2=O. The molecule has 2 rings (SSSR count). The normalized spacial score (nSPS) is 19.2. The Morgan fingerprint density at radius 1 is 1.40 bits per heavy atom. The van der Waals surface area contributed by atoms with Crippen LogP contribution in [0, 0.1) is 24.5 Å². The van der Waals surface area contributed by atoms with Crippen molar-refractivity contribution in [1.29, 1.82) is 0 Å². The summed E-state index contributed by atoms with van der Waals surface area (Å²) < 4.78 is 26.5. The number of hydrogen-bond acceptors (Lipinski definition) is 2. The van der Waals surface area contributed by atoms with E-state index < -0.39 is 23.3 Å². The number of benzene rings is 1. The van der Waals surface area contributed by atoms with E-state index in [4.69, 9.17) is 0 Å². The number of fused-ring (bicyclic) bond motifs is 1. The first-order chi connectivity index (χ1) is 7.02. The second-order valence-corrected chi connectivity index (χ2v) is 3.64. The lowest BCUT2D eigenvalue weighted by Crippen LogP contribution is -2.19. The van der Waals surface area contributed by atoms with E-state index in [2.05, 4.69) is 4.99 Å². The van der Waals surface area contributed by atoms with Gasteiger partial charge in [0.2, 0.25) is 0 Å². The van der Waals surface area contributed by atoms with Crippen LogP contribution < -0.4 is 0 Å². The molecule has 0 N–H and O–H groups in total. The van der Waals surface area contributed by atoms with Gasteiger partial charge in [0, 0.05) is 6.21 Å². The standard InChI is InChI=1S/C11H9F2NO/c1-5-3-7(12)9(13)8-10(5)14-4-6(2)11(8)15/h3-4,6H,1-2H3. The fraction of sp³-hybridized carbons (Fsp3) is 0.273. The first kappa shape index (κ1) is 9.96. The van der Waals surface area contributed by atoms with Gasteiger partial charge in [-0.3, -0.25) is 9.79 Å². The van der Waals surface area contributed by atoms with Crippen LogP contribution in [0.15, 0.2) is 11.1 Å². The van der Waals surface area contributed by atoms with Gasteiger partial charge in [0.1, 0.15) is 0 Å². The molecule has 1 unspecified atom stereocenters. The van der Waals surface area contributed by atoms with Crippen molar-refractivity contribution in [2.75, 3.05) is 0 Å². The molecule has 4 heteroatoms. The van der Waals surface area contributed by atoms with Crippen LogP contribution in [-0.2, 0) is 0 Å². The number of nitrogens with zero attached hydrogens (tertiary/aromatic N) is 1. The van der Waals surface area contributed by atoms with Gasteiger partial charge in [0.05, 0.1) is 17.2 Å². The molecule has 0 bridgehead atoms. The van der Waals surface area contributed by atoms with Crippen LogP contribution in [0.25, 0.3) is 0 Å². The van der Waals surface area contributed by atoms with Gasteiger partial charge < -0.3 is 0 Å². The molecule has 0 aromatic heterocycles. The first-order valence-electron chi connectivity index (χ1n) is 4.59. The highest BCUT2D eigenvalue weighted by Gasteiger charge is 2.28. The minimum Gasteiger partial charge on any atom is -0.293 e. The van der Waals surface area contributed by atoms with Gasteiger partial charge >= 0.3 is 0 Å². The van der Waals surface area contributed by atoms with Crippen LogP contribution in [0.1, 0.15) is 22.8 Å². The number of halogens is 2. The summed E-state index contributed by atoms with van der Waals surface area (Å²) in [4.78, 5) is 15.6. The van der Waals surface area contributed by atoms with E-state index in [0.717, 1.165) is 6.07 Å². The minimum atomic E-state index is -1.09. The Bertz CT molecular complexity index is 480. The van der Waals surface area contributed by atoms with Crippen LogP contribution in [0.5, 0.6) is 0 Å². The Balaban J connectivity index is 2.78. The molecule has 1 aliphatic heterocycles. The van der Waals surface area contributed by atoms with Gasteiger partial charge in [-0.25, -0.2) is 8.78 Å². The van der Waals surface area contributed by atoms with E-state index in [-0.39, 0.29) is 11.3 Å².